The molecule has 14 heavy (non-hydrogen) atoms. The number of hydrogen-bond donors (Lipinski definition) is 1. The minimum Gasteiger partial charge on any atom is -0.398 e. The van der Waals surface area contributed by atoms with Gasteiger partial charge in [0.1, 0.15) is 0 Å². The Hall–Kier alpha value is -1.65. The zero-order valence-electron chi connectivity index (χ0n) is 7.54. The van der Waals surface area contributed by atoms with Crippen molar-refractivity contribution in [3.63, 3.8) is 0 Å². The molecule has 0 fully saturated rings. The molecule has 2 N–H and O–H groups in total. The van der Waals surface area contributed by atoms with Crippen LogP contribution in [0.5, 0.6) is 0 Å². The van der Waals surface area contributed by atoms with Crippen molar-refractivity contribution in [3.8, 4) is 0 Å². The van der Waals surface area contributed by atoms with Gasteiger partial charge in [-0.1, -0.05) is 0 Å². The maximum atomic E-state index is 12.3. The van der Waals surface area contributed by atoms with Crippen LogP contribution in [0.4, 0.5) is 14.5 Å². The molecule has 0 unspecified atom stereocenters. The summed E-state index contributed by atoms with van der Waals surface area (Å²) < 4.78 is 25.2. The summed E-state index contributed by atoms with van der Waals surface area (Å²) in [5.74, 6) is 0. The van der Waals surface area contributed by atoms with Crippen LogP contribution in [0.3, 0.4) is 0 Å². The van der Waals surface area contributed by atoms with Crippen LogP contribution in [0.25, 0.3) is 10.9 Å². The lowest BCUT2D eigenvalue weighted by Crippen LogP contribution is -1.96. The molecule has 2 rings (SSSR count). The molecule has 0 aliphatic rings. The van der Waals surface area contributed by atoms with Gasteiger partial charge >= 0.3 is 6.55 Å². The van der Waals surface area contributed by atoms with Crippen LogP contribution in [0.15, 0.2) is 18.3 Å². The van der Waals surface area contributed by atoms with E-state index in [-0.39, 0.29) is 0 Å². The van der Waals surface area contributed by atoms with Crippen molar-refractivity contribution in [2.45, 2.75) is 13.5 Å². The minimum absolute atomic E-state index is 0.539. The highest BCUT2D eigenvalue weighted by atomic mass is 19.3. The Morgan fingerprint density at radius 1 is 1.43 bits per heavy atom. The average molecular weight is 197 g/mol. The first kappa shape index (κ1) is 8.93. The number of fused-ring (bicyclic) bond motifs is 1. The molecule has 0 saturated heterocycles. The fourth-order valence-corrected chi connectivity index (χ4v) is 1.37. The van der Waals surface area contributed by atoms with E-state index in [0.29, 0.717) is 21.3 Å². The van der Waals surface area contributed by atoms with Gasteiger partial charge in [0.05, 0.1) is 5.52 Å². The first-order valence-electron chi connectivity index (χ1n) is 4.11. The summed E-state index contributed by atoms with van der Waals surface area (Å²) in [7, 11) is 0. The number of nitrogens with zero attached hydrogens (tertiary/aromatic N) is 2. The Bertz CT molecular complexity index is 476. The number of hydrogen-bond acceptors (Lipinski definition) is 2. The van der Waals surface area contributed by atoms with Gasteiger partial charge in [-0.25, -0.2) is 4.68 Å². The molecule has 0 spiro atoms. The lowest BCUT2D eigenvalue weighted by atomic mass is 10.1. The summed E-state index contributed by atoms with van der Waals surface area (Å²) in [6, 6.07) is 3.30. The van der Waals surface area contributed by atoms with E-state index in [1.807, 2.05) is 0 Å². The molecular formula is C9H9F2N3. The maximum absolute atomic E-state index is 12.3. The molecule has 0 amide bonds. The van der Waals surface area contributed by atoms with Gasteiger partial charge in [0.25, 0.3) is 0 Å². The van der Waals surface area contributed by atoms with Gasteiger partial charge in [0.2, 0.25) is 0 Å². The van der Waals surface area contributed by atoms with E-state index in [9.17, 15) is 8.78 Å². The topological polar surface area (TPSA) is 43.8 Å². The molecule has 0 atom stereocenters. The van der Waals surface area contributed by atoms with Crippen molar-refractivity contribution in [1.29, 1.82) is 0 Å². The van der Waals surface area contributed by atoms with E-state index >= 15 is 0 Å². The van der Waals surface area contributed by atoms with E-state index in [0.717, 1.165) is 5.56 Å². The monoisotopic (exact) mass is 197 g/mol. The molecule has 5 heteroatoms. The Morgan fingerprint density at radius 2 is 2.14 bits per heavy atom. The van der Waals surface area contributed by atoms with Crippen LogP contribution in [-0.2, 0) is 0 Å². The summed E-state index contributed by atoms with van der Waals surface area (Å²) in [4.78, 5) is 0. The third-order valence-electron chi connectivity index (χ3n) is 2.22. The van der Waals surface area contributed by atoms with Gasteiger partial charge in [-0.05, 0) is 24.6 Å². The summed E-state index contributed by atoms with van der Waals surface area (Å²) >= 11 is 0. The SMILES string of the molecule is Cc1c(N)ccc2nn(C(F)F)cc12. The number of alkyl halides is 2. The largest absolute Gasteiger partial charge is 0.398 e. The predicted octanol–water partition coefficient (Wildman–Crippen LogP) is 2.32. The lowest BCUT2D eigenvalue weighted by molar-refractivity contribution is 0.0574. The third kappa shape index (κ3) is 1.21. The number of benzene rings is 1. The number of aromatic nitrogens is 2. The van der Waals surface area contributed by atoms with Crippen LogP contribution in [0, 0.1) is 6.92 Å². The summed E-state index contributed by atoms with van der Waals surface area (Å²) in [5.41, 5.74) is 7.56. The normalized spacial score (nSPS) is 11.4. The van der Waals surface area contributed by atoms with Gasteiger partial charge in [-0.2, -0.15) is 13.9 Å². The van der Waals surface area contributed by atoms with Crippen LogP contribution < -0.4 is 5.73 Å². The second-order valence-corrected chi connectivity index (χ2v) is 3.10. The van der Waals surface area contributed by atoms with Gasteiger partial charge in [-0.3, -0.25) is 0 Å². The van der Waals surface area contributed by atoms with Crippen LogP contribution in [0.1, 0.15) is 12.1 Å². The average Bonchev–Trinajstić information content (AvgIpc) is 2.56. The Morgan fingerprint density at radius 3 is 2.79 bits per heavy atom. The number of nitrogens with two attached hydrogens (primary N) is 1. The second kappa shape index (κ2) is 2.94. The van der Waals surface area contributed by atoms with Crippen LogP contribution in [-0.4, -0.2) is 9.78 Å². The predicted molar refractivity (Wildman–Crippen MR) is 50.1 cm³/mol. The number of rotatable bonds is 1. The quantitative estimate of drug-likeness (QED) is 0.713. The zero-order valence-corrected chi connectivity index (χ0v) is 7.54. The Labute approximate surface area is 79.1 Å². The van der Waals surface area contributed by atoms with Crippen LogP contribution >= 0.6 is 0 Å². The number of aryl methyl sites for hydroxylation is 1. The zero-order chi connectivity index (χ0) is 10.3. The molecule has 0 aliphatic heterocycles. The molecule has 2 aromatic rings. The van der Waals surface area contributed by atoms with Crippen molar-refractivity contribution >= 4 is 16.6 Å². The Kier molecular flexibility index (Phi) is 1.87. The fourth-order valence-electron chi connectivity index (χ4n) is 1.37. The van der Waals surface area contributed by atoms with Crippen molar-refractivity contribution in [1.82, 2.24) is 9.78 Å². The van der Waals surface area contributed by atoms with E-state index in [1.165, 1.54) is 6.20 Å². The summed E-state index contributed by atoms with van der Waals surface area (Å²) in [6.07, 6.45) is 1.31. The van der Waals surface area contributed by atoms with Gasteiger partial charge in [0, 0.05) is 17.3 Å². The molecule has 3 nitrogen and oxygen atoms in total. The van der Waals surface area contributed by atoms with Crippen LogP contribution in [0.2, 0.25) is 0 Å². The number of nitrogen functional groups attached to an aromatic ring is 1. The van der Waals surface area contributed by atoms with Crippen molar-refractivity contribution < 1.29 is 8.78 Å². The molecule has 1 heterocycles. The molecule has 0 bridgehead atoms. The van der Waals surface area contributed by atoms with Crippen molar-refractivity contribution in [3.05, 3.63) is 23.9 Å². The Balaban J connectivity index is 2.71. The maximum Gasteiger partial charge on any atom is 0.333 e. The first-order valence-corrected chi connectivity index (χ1v) is 4.11. The van der Waals surface area contributed by atoms with E-state index in [2.05, 4.69) is 5.10 Å². The minimum atomic E-state index is -2.61. The highest BCUT2D eigenvalue weighted by molar-refractivity contribution is 5.86. The van der Waals surface area contributed by atoms with Crippen molar-refractivity contribution in [2.24, 2.45) is 0 Å². The van der Waals surface area contributed by atoms with Gasteiger partial charge in [0.15, 0.2) is 0 Å². The van der Waals surface area contributed by atoms with E-state index in [1.54, 1.807) is 19.1 Å². The van der Waals surface area contributed by atoms with Gasteiger partial charge < -0.3 is 5.73 Å². The summed E-state index contributed by atoms with van der Waals surface area (Å²) in [5, 5.41) is 4.40. The van der Waals surface area contributed by atoms with Crippen molar-refractivity contribution in [2.75, 3.05) is 5.73 Å². The number of halogens is 2. The highest BCUT2D eigenvalue weighted by Crippen LogP contribution is 2.24. The van der Waals surface area contributed by atoms with E-state index in [4.69, 9.17) is 5.73 Å². The lowest BCUT2D eigenvalue weighted by Gasteiger charge is -1.98. The summed E-state index contributed by atoms with van der Waals surface area (Å²) in [6.45, 7) is -0.821. The molecular weight excluding hydrogens is 188 g/mol. The second-order valence-electron chi connectivity index (χ2n) is 3.10. The molecule has 1 aromatic carbocycles. The standard InChI is InChI=1S/C9H9F2N3/c1-5-6-4-14(9(10)11)13-8(6)3-2-7(5)12/h2-4,9H,12H2,1H3. The molecule has 0 aliphatic carbocycles. The molecule has 74 valence electrons. The van der Waals surface area contributed by atoms with E-state index < -0.39 is 6.55 Å². The molecule has 0 radical (unpaired) electrons. The number of anilines is 1. The smallest absolute Gasteiger partial charge is 0.333 e. The molecule has 1 aromatic heterocycles. The molecule has 0 saturated carbocycles. The highest BCUT2D eigenvalue weighted by Gasteiger charge is 2.10. The first-order chi connectivity index (χ1) is 6.59. The van der Waals surface area contributed by atoms with Gasteiger partial charge in [-0.15, -0.1) is 0 Å². The fraction of sp³-hybridized carbons (Fsp3) is 0.222. The third-order valence-corrected chi connectivity index (χ3v) is 2.22.